The SMILES string of the molecule is C[C@H](Nc1nccc(N2C(=O)OCC2[C@H](C)O)n1)c1ccc(CN2CCC(F)(F)CC2)c(F)c1. The van der Waals surface area contributed by atoms with Crippen LogP contribution in [0.3, 0.4) is 0 Å². The van der Waals surface area contributed by atoms with E-state index in [-0.39, 0.29) is 56.9 Å². The van der Waals surface area contributed by atoms with E-state index in [2.05, 4.69) is 15.3 Å². The Hall–Kier alpha value is -2.92. The second kappa shape index (κ2) is 9.75. The smallest absolute Gasteiger partial charge is 0.416 e. The average Bonchev–Trinajstić information content (AvgIpc) is 3.18. The Bertz CT molecular complexity index is 1030. The second-order valence-corrected chi connectivity index (χ2v) is 8.84. The molecule has 8 nitrogen and oxygen atoms in total. The van der Waals surface area contributed by atoms with E-state index in [9.17, 15) is 23.1 Å². The van der Waals surface area contributed by atoms with Gasteiger partial charge in [-0.25, -0.2) is 22.9 Å². The van der Waals surface area contributed by atoms with Crippen LogP contribution in [0.1, 0.15) is 43.9 Å². The number of benzene rings is 1. The van der Waals surface area contributed by atoms with E-state index in [0.717, 1.165) is 0 Å². The fourth-order valence-corrected chi connectivity index (χ4v) is 4.12. The molecule has 34 heavy (non-hydrogen) atoms. The number of aromatic nitrogens is 2. The summed E-state index contributed by atoms with van der Waals surface area (Å²) in [5.41, 5.74) is 1.11. The predicted molar refractivity (Wildman–Crippen MR) is 119 cm³/mol. The number of nitrogens with zero attached hydrogens (tertiary/aromatic N) is 4. The van der Waals surface area contributed by atoms with E-state index in [1.165, 1.54) is 17.2 Å². The summed E-state index contributed by atoms with van der Waals surface area (Å²) in [5, 5.41) is 13.0. The summed E-state index contributed by atoms with van der Waals surface area (Å²) in [7, 11) is 0. The van der Waals surface area contributed by atoms with E-state index >= 15 is 0 Å². The third-order valence-electron chi connectivity index (χ3n) is 6.25. The van der Waals surface area contributed by atoms with Crippen LogP contribution in [0.25, 0.3) is 0 Å². The number of amides is 1. The van der Waals surface area contributed by atoms with Crippen LogP contribution < -0.4 is 10.2 Å². The van der Waals surface area contributed by atoms with Crippen LogP contribution >= 0.6 is 0 Å². The number of carbonyl (C=O) groups is 1. The zero-order chi connectivity index (χ0) is 24.5. The Morgan fingerprint density at radius 2 is 2.00 bits per heavy atom. The zero-order valence-corrected chi connectivity index (χ0v) is 19.0. The van der Waals surface area contributed by atoms with Gasteiger partial charge >= 0.3 is 6.09 Å². The van der Waals surface area contributed by atoms with Gasteiger partial charge in [0.1, 0.15) is 24.3 Å². The van der Waals surface area contributed by atoms with Gasteiger partial charge in [-0.15, -0.1) is 0 Å². The van der Waals surface area contributed by atoms with Gasteiger partial charge < -0.3 is 15.2 Å². The van der Waals surface area contributed by atoms with Gasteiger partial charge in [0.25, 0.3) is 5.92 Å². The minimum atomic E-state index is -2.63. The number of halogens is 3. The van der Waals surface area contributed by atoms with Crippen LogP contribution in [0, 0.1) is 5.82 Å². The first-order valence-electron chi connectivity index (χ1n) is 11.2. The first-order valence-corrected chi connectivity index (χ1v) is 11.2. The summed E-state index contributed by atoms with van der Waals surface area (Å²) in [6.45, 7) is 4.21. The molecule has 2 fully saturated rings. The van der Waals surface area contributed by atoms with Crippen molar-refractivity contribution >= 4 is 17.9 Å². The van der Waals surface area contributed by atoms with Crippen molar-refractivity contribution in [3.63, 3.8) is 0 Å². The van der Waals surface area contributed by atoms with Crippen LogP contribution in [-0.4, -0.2) is 63.8 Å². The molecule has 3 heterocycles. The topological polar surface area (TPSA) is 90.8 Å². The van der Waals surface area contributed by atoms with Crippen molar-refractivity contribution in [1.29, 1.82) is 0 Å². The Balaban J connectivity index is 1.42. The van der Waals surface area contributed by atoms with Gasteiger partial charge in [-0.1, -0.05) is 12.1 Å². The number of anilines is 2. The Morgan fingerprint density at radius 1 is 1.26 bits per heavy atom. The number of carbonyl (C=O) groups excluding carboxylic acids is 1. The number of hydrogen-bond donors (Lipinski definition) is 2. The van der Waals surface area contributed by atoms with Gasteiger partial charge in [0.05, 0.1) is 12.1 Å². The van der Waals surface area contributed by atoms with Gasteiger partial charge in [0.2, 0.25) is 5.95 Å². The third kappa shape index (κ3) is 5.41. The number of hydrogen-bond acceptors (Lipinski definition) is 7. The van der Waals surface area contributed by atoms with Crippen LogP contribution in [-0.2, 0) is 11.3 Å². The quantitative estimate of drug-likeness (QED) is 0.626. The molecule has 4 rings (SSSR count). The molecule has 3 atom stereocenters. The lowest BCUT2D eigenvalue weighted by molar-refractivity contribution is -0.0567. The van der Waals surface area contributed by atoms with Gasteiger partial charge in [0.15, 0.2) is 0 Å². The van der Waals surface area contributed by atoms with E-state index in [0.29, 0.717) is 11.1 Å². The summed E-state index contributed by atoms with van der Waals surface area (Å²) in [6, 6.07) is 5.49. The largest absolute Gasteiger partial charge is 0.447 e. The molecule has 2 aliphatic heterocycles. The van der Waals surface area contributed by atoms with Crippen molar-refractivity contribution in [2.45, 2.75) is 57.3 Å². The molecule has 0 bridgehead atoms. The van der Waals surface area contributed by atoms with Crippen molar-refractivity contribution in [1.82, 2.24) is 14.9 Å². The van der Waals surface area contributed by atoms with Gasteiger partial charge in [-0.3, -0.25) is 9.80 Å². The molecule has 184 valence electrons. The molecule has 11 heteroatoms. The standard InChI is InChI=1S/C23H28F3N5O3/c1-14(16-3-4-17(18(24)11-16)12-30-9-6-23(25,26)7-10-30)28-21-27-8-5-20(29-21)31-19(15(2)32)13-34-22(31)33/h3-5,8,11,14-15,19,32H,6-7,9-10,12-13H2,1-2H3,(H,27,28,29)/t14-,15-,19?/m0/s1. The highest BCUT2D eigenvalue weighted by Gasteiger charge is 2.38. The summed E-state index contributed by atoms with van der Waals surface area (Å²) >= 11 is 0. The number of aliphatic hydroxyl groups is 1. The Kier molecular flexibility index (Phi) is 6.94. The predicted octanol–water partition coefficient (Wildman–Crippen LogP) is 3.73. The van der Waals surface area contributed by atoms with Gasteiger partial charge in [-0.05, 0) is 31.5 Å². The molecule has 1 amide bonds. The van der Waals surface area contributed by atoms with Crippen molar-refractivity contribution in [2.75, 3.05) is 29.9 Å². The molecule has 1 aromatic carbocycles. The maximum atomic E-state index is 14.8. The number of cyclic esters (lactones) is 1. The number of rotatable bonds is 7. The fraction of sp³-hybridized carbons (Fsp3) is 0.522. The molecule has 1 aromatic heterocycles. The number of ether oxygens (including phenoxy) is 1. The number of nitrogens with one attached hydrogen (secondary N) is 1. The molecule has 0 saturated carbocycles. The summed E-state index contributed by atoms with van der Waals surface area (Å²) in [5.74, 6) is -2.52. The van der Waals surface area contributed by atoms with E-state index in [1.807, 2.05) is 11.8 Å². The molecule has 0 spiro atoms. The van der Waals surface area contributed by atoms with Crippen molar-refractivity contribution in [3.8, 4) is 0 Å². The molecule has 2 aliphatic rings. The van der Waals surface area contributed by atoms with Gasteiger partial charge in [0, 0.05) is 44.2 Å². The number of aliphatic hydroxyl groups excluding tert-OH is 1. The first-order chi connectivity index (χ1) is 16.1. The van der Waals surface area contributed by atoms with Crippen molar-refractivity contribution < 1.29 is 27.8 Å². The lowest BCUT2D eigenvalue weighted by Crippen LogP contribution is -2.41. The second-order valence-electron chi connectivity index (χ2n) is 8.84. The van der Waals surface area contributed by atoms with E-state index in [4.69, 9.17) is 4.74 Å². The number of likely N-dealkylation sites (tertiary alicyclic amines) is 1. The highest BCUT2D eigenvalue weighted by molar-refractivity contribution is 5.89. The highest BCUT2D eigenvalue weighted by Crippen LogP contribution is 2.29. The zero-order valence-electron chi connectivity index (χ0n) is 19.0. The highest BCUT2D eigenvalue weighted by atomic mass is 19.3. The minimum absolute atomic E-state index is 0.0607. The van der Waals surface area contributed by atoms with Crippen molar-refractivity contribution in [3.05, 3.63) is 47.4 Å². The maximum Gasteiger partial charge on any atom is 0.416 e. The van der Waals surface area contributed by atoms with Crippen molar-refractivity contribution in [2.24, 2.45) is 0 Å². The summed E-state index contributed by atoms with van der Waals surface area (Å²) in [6.07, 6.45) is -0.341. The van der Waals surface area contributed by atoms with Crippen LogP contribution in [0.15, 0.2) is 30.5 Å². The van der Waals surface area contributed by atoms with Crippen LogP contribution in [0.4, 0.5) is 29.7 Å². The average molecular weight is 480 g/mol. The molecule has 2 N–H and O–H groups in total. The molecule has 1 unspecified atom stereocenters. The minimum Gasteiger partial charge on any atom is -0.447 e. The summed E-state index contributed by atoms with van der Waals surface area (Å²) < 4.78 is 46.5. The normalized spacial score (nSPS) is 22.4. The van der Waals surface area contributed by atoms with Gasteiger partial charge in [-0.2, -0.15) is 4.98 Å². The van der Waals surface area contributed by atoms with Crippen LogP contribution in [0.5, 0.6) is 0 Å². The summed E-state index contributed by atoms with van der Waals surface area (Å²) in [4.78, 5) is 23.8. The monoisotopic (exact) mass is 479 g/mol. The van der Waals surface area contributed by atoms with E-state index < -0.39 is 30.0 Å². The lowest BCUT2D eigenvalue weighted by atomic mass is 10.0. The lowest BCUT2D eigenvalue weighted by Gasteiger charge is -2.31. The molecule has 0 aliphatic carbocycles. The molecular formula is C23H28F3N5O3. The number of piperidine rings is 1. The third-order valence-corrected chi connectivity index (χ3v) is 6.25. The molecule has 0 radical (unpaired) electrons. The molecular weight excluding hydrogens is 451 g/mol. The van der Waals surface area contributed by atoms with E-state index in [1.54, 1.807) is 25.1 Å². The Morgan fingerprint density at radius 3 is 2.68 bits per heavy atom. The Labute approximate surface area is 195 Å². The fourth-order valence-electron chi connectivity index (χ4n) is 4.12. The van der Waals surface area contributed by atoms with Crippen LogP contribution in [0.2, 0.25) is 0 Å². The first kappa shape index (κ1) is 24.2. The molecule has 2 aromatic rings. The maximum absolute atomic E-state index is 14.8. The molecule has 2 saturated heterocycles. The number of alkyl halides is 2.